The molecule has 0 aromatic heterocycles. The molecule has 6 nitrogen and oxygen atoms in total. The van der Waals surface area contributed by atoms with Gasteiger partial charge in [-0.25, -0.2) is 0 Å². The van der Waals surface area contributed by atoms with Crippen molar-refractivity contribution in [1.82, 2.24) is 9.80 Å². The number of fused-ring (bicyclic) bond motifs is 7. The number of anilines is 1. The van der Waals surface area contributed by atoms with Crippen LogP contribution >= 0.6 is 35.4 Å². The number of amides is 1. The largest absolute Gasteiger partial charge is 0.462 e. The minimum Gasteiger partial charge on any atom is -0.462 e. The van der Waals surface area contributed by atoms with Crippen molar-refractivity contribution in [2.75, 3.05) is 31.5 Å². The number of hydrogen-bond acceptors (Lipinski definition) is 4. The zero-order valence-corrected chi connectivity index (χ0v) is 35.1. The Kier molecular flexibility index (Phi) is 9.93. The van der Waals surface area contributed by atoms with Gasteiger partial charge in [0.15, 0.2) is 5.11 Å². The fourth-order valence-corrected chi connectivity index (χ4v) is 14.0. The minimum absolute atomic E-state index is 0.0140. The second-order valence-electron chi connectivity index (χ2n) is 19.1. The number of piperazine rings is 1. The van der Waals surface area contributed by atoms with E-state index in [4.69, 9.17) is 40.2 Å². The molecule has 5 aliphatic carbocycles. The maximum atomic E-state index is 15.1. The molecule has 1 saturated heterocycles. The number of carbonyl (C=O) groups is 2. The fraction of sp³-hybridized carbons (Fsp3) is 0.744. The van der Waals surface area contributed by atoms with Gasteiger partial charge in [-0.3, -0.25) is 9.59 Å². The van der Waals surface area contributed by atoms with E-state index in [1.807, 2.05) is 6.07 Å². The maximum absolute atomic E-state index is 15.1. The van der Waals surface area contributed by atoms with Gasteiger partial charge in [0.2, 0.25) is 5.91 Å². The molecule has 1 amide bonds. The summed E-state index contributed by atoms with van der Waals surface area (Å²) in [7, 11) is 0. The lowest BCUT2D eigenvalue weighted by atomic mass is 9.33. The summed E-state index contributed by atoms with van der Waals surface area (Å²) in [4.78, 5) is 31.6. The molecule has 6 aliphatic rings. The molecule has 1 heterocycles. The second kappa shape index (κ2) is 13.4. The van der Waals surface area contributed by atoms with Crippen molar-refractivity contribution in [1.29, 1.82) is 0 Å². The third-order valence-electron chi connectivity index (χ3n) is 16.7. The van der Waals surface area contributed by atoms with E-state index in [-0.39, 0.29) is 45.1 Å². The molecular weight excluding hydrogens is 709 g/mol. The first-order chi connectivity index (χ1) is 24.4. The van der Waals surface area contributed by atoms with Gasteiger partial charge >= 0.3 is 5.97 Å². The molecule has 4 saturated carbocycles. The van der Waals surface area contributed by atoms with Crippen LogP contribution in [0.25, 0.3) is 0 Å². The van der Waals surface area contributed by atoms with Crippen molar-refractivity contribution in [2.45, 2.75) is 119 Å². The highest BCUT2D eigenvalue weighted by Crippen LogP contribution is 2.76. The van der Waals surface area contributed by atoms with E-state index in [0.29, 0.717) is 70.9 Å². The molecule has 52 heavy (non-hydrogen) atoms. The molecule has 1 aliphatic heterocycles. The van der Waals surface area contributed by atoms with Crippen LogP contribution in [0.3, 0.4) is 0 Å². The third-order valence-corrected chi connectivity index (χ3v) is 17.8. The van der Waals surface area contributed by atoms with E-state index >= 15 is 4.79 Å². The number of carbonyl (C=O) groups excluding carboxylic acids is 2. The predicted octanol–water partition coefficient (Wildman–Crippen LogP) is 10.4. The van der Waals surface area contributed by atoms with E-state index in [9.17, 15) is 4.79 Å². The maximum Gasteiger partial charge on any atom is 0.302 e. The Morgan fingerprint density at radius 3 is 2.23 bits per heavy atom. The van der Waals surface area contributed by atoms with E-state index < -0.39 is 0 Å². The molecule has 7 rings (SSSR count). The Bertz CT molecular complexity index is 1660. The first kappa shape index (κ1) is 38.4. The van der Waals surface area contributed by atoms with E-state index in [1.165, 1.54) is 12.8 Å². The Morgan fingerprint density at radius 1 is 0.865 bits per heavy atom. The fourth-order valence-electron chi connectivity index (χ4n) is 13.4. The molecule has 1 aromatic carbocycles. The zero-order chi connectivity index (χ0) is 37.6. The topological polar surface area (TPSA) is 61.9 Å². The standard InChI is InChI=1S/C43H61Cl2N3O3S/c1-26-13-18-43(37(50)47-21-23-48(24-22-47)38(52)46-29-9-11-31(44)32(45)25-29)20-19-41(7)30(36(43)27(26)2)10-12-34-40(6)16-15-35(51-28(3)49)39(4,5)33(40)14-17-42(34,41)8/h9-11,25-27,33-36H,12-24H2,1-8H3,(H,46,52)/t26-,27+,33+,34-,35+,36+,40+,41-,42-,43+/m1/s1. The Labute approximate surface area is 328 Å². The van der Waals surface area contributed by atoms with Crippen LogP contribution in [-0.4, -0.2) is 59.1 Å². The van der Waals surface area contributed by atoms with Crippen molar-refractivity contribution in [2.24, 2.45) is 56.7 Å². The zero-order valence-electron chi connectivity index (χ0n) is 32.7. The monoisotopic (exact) mass is 769 g/mol. The SMILES string of the molecule is CC(=O)O[C@H]1CC[C@]2(C)[C@H]3CC=C4[C@@H]5[C@@H](C)[C@H](C)CC[C@]5(C(=O)N5CCN(C(=S)Nc6ccc(Cl)c(Cl)c6)CC5)CC[C@@]4(C)[C@]3(C)CC[C@H]2C1(C)C. The highest BCUT2D eigenvalue weighted by molar-refractivity contribution is 7.80. The van der Waals surface area contributed by atoms with Crippen LogP contribution in [-0.2, 0) is 14.3 Å². The minimum atomic E-state index is -0.341. The van der Waals surface area contributed by atoms with Crippen molar-refractivity contribution in [3.63, 3.8) is 0 Å². The summed E-state index contributed by atoms with van der Waals surface area (Å²) in [5.74, 6) is 2.63. The molecule has 1 aromatic rings. The number of nitrogens with zero attached hydrogens (tertiary/aromatic N) is 2. The van der Waals surface area contributed by atoms with Crippen molar-refractivity contribution >= 4 is 58.1 Å². The second-order valence-corrected chi connectivity index (χ2v) is 20.3. The van der Waals surface area contributed by atoms with Crippen LogP contribution in [0.5, 0.6) is 0 Å². The van der Waals surface area contributed by atoms with Crippen LogP contribution < -0.4 is 5.32 Å². The van der Waals surface area contributed by atoms with Crippen molar-refractivity contribution < 1.29 is 14.3 Å². The van der Waals surface area contributed by atoms with Crippen LogP contribution in [0, 0.1) is 56.7 Å². The number of thiocarbonyl (C=S) groups is 1. The first-order valence-electron chi connectivity index (χ1n) is 20.1. The van der Waals surface area contributed by atoms with Gasteiger partial charge in [0.1, 0.15) is 6.10 Å². The van der Waals surface area contributed by atoms with Crippen LogP contribution in [0.2, 0.25) is 10.0 Å². The van der Waals surface area contributed by atoms with E-state index in [1.54, 1.807) is 24.6 Å². The van der Waals surface area contributed by atoms with Crippen LogP contribution in [0.4, 0.5) is 5.69 Å². The molecule has 5 fully saturated rings. The number of esters is 1. The van der Waals surface area contributed by atoms with Crippen molar-refractivity contribution in [3.8, 4) is 0 Å². The molecule has 9 heteroatoms. The average Bonchev–Trinajstić information content (AvgIpc) is 3.09. The number of hydrogen-bond donors (Lipinski definition) is 1. The van der Waals surface area contributed by atoms with Crippen LogP contribution in [0.15, 0.2) is 29.8 Å². The van der Waals surface area contributed by atoms with E-state index in [2.05, 4.69) is 69.7 Å². The summed E-state index contributed by atoms with van der Waals surface area (Å²) in [5, 5.41) is 4.98. The molecule has 0 unspecified atom stereocenters. The molecular formula is C43H61Cl2N3O3S. The summed E-state index contributed by atoms with van der Waals surface area (Å²) in [6.45, 7) is 21.8. The smallest absolute Gasteiger partial charge is 0.302 e. The molecule has 286 valence electrons. The van der Waals surface area contributed by atoms with Crippen molar-refractivity contribution in [3.05, 3.63) is 39.9 Å². The summed E-state index contributed by atoms with van der Waals surface area (Å²) < 4.78 is 5.97. The summed E-state index contributed by atoms with van der Waals surface area (Å²) in [6.07, 6.45) is 12.3. The normalized spacial score (nSPS) is 41.0. The lowest BCUT2D eigenvalue weighted by Crippen LogP contribution is -2.66. The van der Waals surface area contributed by atoms with Gasteiger partial charge in [-0.15, -0.1) is 0 Å². The van der Waals surface area contributed by atoms with Gasteiger partial charge in [-0.1, -0.05) is 83.3 Å². The highest BCUT2D eigenvalue weighted by Gasteiger charge is 2.70. The van der Waals surface area contributed by atoms with Gasteiger partial charge in [0.25, 0.3) is 0 Å². The number of rotatable bonds is 3. The molecule has 10 atom stereocenters. The lowest BCUT2D eigenvalue weighted by molar-refractivity contribution is -0.213. The average molecular weight is 771 g/mol. The number of benzene rings is 1. The predicted molar refractivity (Wildman–Crippen MR) is 215 cm³/mol. The third kappa shape index (κ3) is 5.78. The Hall–Kier alpha value is -1.83. The van der Waals surface area contributed by atoms with Gasteiger partial charge in [-0.05, 0) is 134 Å². The highest BCUT2D eigenvalue weighted by atomic mass is 35.5. The Balaban J connectivity index is 1.13. The number of halogens is 2. The van der Waals surface area contributed by atoms with Gasteiger partial charge in [0.05, 0.1) is 15.5 Å². The number of allylic oxidation sites excluding steroid dienone is 2. The molecule has 1 N–H and O–H groups in total. The molecule has 0 spiro atoms. The summed E-state index contributed by atoms with van der Waals surface area (Å²) in [6, 6.07) is 5.45. The first-order valence-corrected chi connectivity index (χ1v) is 21.2. The molecule has 0 radical (unpaired) electrons. The lowest BCUT2D eigenvalue weighted by Gasteiger charge is -2.71. The van der Waals surface area contributed by atoms with Gasteiger partial charge < -0.3 is 19.9 Å². The summed E-state index contributed by atoms with van der Waals surface area (Å²) >= 11 is 18.2. The number of ether oxygens (including phenoxy) is 1. The van der Waals surface area contributed by atoms with Gasteiger partial charge in [0, 0.05) is 44.2 Å². The van der Waals surface area contributed by atoms with E-state index in [0.717, 1.165) is 50.6 Å². The Morgan fingerprint density at radius 2 is 1.56 bits per heavy atom. The van der Waals surface area contributed by atoms with Crippen LogP contribution in [0.1, 0.15) is 113 Å². The number of nitrogens with one attached hydrogen (secondary N) is 1. The quantitative estimate of drug-likeness (QED) is 0.188. The molecule has 0 bridgehead atoms. The van der Waals surface area contributed by atoms with Gasteiger partial charge in [-0.2, -0.15) is 0 Å². The summed E-state index contributed by atoms with van der Waals surface area (Å²) in [5.41, 5.74) is 2.43.